The molecule has 2 atom stereocenters. The monoisotopic (exact) mass is 218 g/mol. The summed E-state index contributed by atoms with van der Waals surface area (Å²) in [7, 11) is 0. The van der Waals surface area contributed by atoms with Crippen LogP contribution in [0.5, 0.6) is 0 Å². The molecule has 1 aliphatic rings. The molecule has 1 heterocycles. The summed E-state index contributed by atoms with van der Waals surface area (Å²) >= 11 is 3.08. The van der Waals surface area contributed by atoms with Gasteiger partial charge in [-0.3, -0.25) is 0 Å². The van der Waals surface area contributed by atoms with E-state index in [1.807, 2.05) is 6.07 Å². The summed E-state index contributed by atoms with van der Waals surface area (Å²) in [6.07, 6.45) is 1.16. The average molecular weight is 219 g/mol. The van der Waals surface area contributed by atoms with E-state index in [0.29, 0.717) is 13.0 Å². The SMILES string of the molecule is N#C[C@@H]1C[C@H](F)CN1C=CBr. The quantitative estimate of drug-likeness (QED) is 0.672. The predicted octanol–water partition coefficient (Wildman–Crippen LogP) is 1.79. The molecule has 0 aromatic carbocycles. The molecule has 2 nitrogen and oxygen atoms in total. The Hall–Kier alpha value is -0.560. The van der Waals surface area contributed by atoms with Gasteiger partial charge in [-0.2, -0.15) is 5.26 Å². The van der Waals surface area contributed by atoms with Crippen LogP contribution in [0.3, 0.4) is 0 Å². The van der Waals surface area contributed by atoms with Gasteiger partial charge in [0.25, 0.3) is 0 Å². The van der Waals surface area contributed by atoms with E-state index < -0.39 is 6.17 Å². The Morgan fingerprint density at radius 3 is 3.00 bits per heavy atom. The van der Waals surface area contributed by atoms with Gasteiger partial charge in [0.1, 0.15) is 12.2 Å². The molecule has 0 bridgehead atoms. The first kappa shape index (κ1) is 8.54. The van der Waals surface area contributed by atoms with Crippen molar-refractivity contribution in [3.05, 3.63) is 11.2 Å². The molecule has 1 saturated heterocycles. The van der Waals surface area contributed by atoms with E-state index in [9.17, 15) is 4.39 Å². The summed E-state index contributed by atoms with van der Waals surface area (Å²) in [6, 6.07) is 1.75. The van der Waals surface area contributed by atoms with Gasteiger partial charge in [0.15, 0.2) is 0 Å². The van der Waals surface area contributed by atoms with Crippen molar-refractivity contribution < 1.29 is 4.39 Å². The van der Waals surface area contributed by atoms with Gasteiger partial charge in [0.2, 0.25) is 0 Å². The lowest BCUT2D eigenvalue weighted by atomic mass is 10.2. The zero-order valence-electron chi connectivity index (χ0n) is 5.87. The lowest BCUT2D eigenvalue weighted by Gasteiger charge is -2.14. The minimum Gasteiger partial charge on any atom is -0.358 e. The molecule has 0 spiro atoms. The maximum absolute atomic E-state index is 12.7. The molecule has 0 aromatic heterocycles. The number of halogens is 2. The van der Waals surface area contributed by atoms with Crippen molar-refractivity contribution in [1.82, 2.24) is 4.90 Å². The molecule has 1 aliphatic heterocycles. The highest BCUT2D eigenvalue weighted by atomic mass is 79.9. The van der Waals surface area contributed by atoms with Crippen molar-refractivity contribution in [3.63, 3.8) is 0 Å². The Morgan fingerprint density at radius 1 is 1.73 bits per heavy atom. The van der Waals surface area contributed by atoms with Crippen LogP contribution in [0.1, 0.15) is 6.42 Å². The first-order chi connectivity index (χ1) is 5.27. The predicted molar refractivity (Wildman–Crippen MR) is 43.7 cm³/mol. The molecular weight excluding hydrogens is 211 g/mol. The third-order valence-corrected chi connectivity index (χ3v) is 1.92. The number of alkyl halides is 1. The molecule has 4 heteroatoms. The number of nitriles is 1. The Kier molecular flexibility index (Phi) is 2.89. The van der Waals surface area contributed by atoms with Gasteiger partial charge in [-0.1, -0.05) is 15.9 Å². The highest BCUT2D eigenvalue weighted by molar-refractivity contribution is 9.11. The third kappa shape index (κ3) is 1.93. The smallest absolute Gasteiger partial charge is 0.121 e. The normalized spacial score (nSPS) is 31.2. The number of nitrogens with zero attached hydrogens (tertiary/aromatic N) is 2. The summed E-state index contributed by atoms with van der Waals surface area (Å²) in [5.41, 5.74) is 0. The Morgan fingerprint density at radius 2 is 2.45 bits per heavy atom. The van der Waals surface area contributed by atoms with E-state index in [1.165, 1.54) is 0 Å². The van der Waals surface area contributed by atoms with Crippen LogP contribution in [-0.4, -0.2) is 23.7 Å². The minimum atomic E-state index is -0.858. The lowest BCUT2D eigenvalue weighted by Crippen LogP contribution is -2.21. The number of rotatable bonds is 1. The van der Waals surface area contributed by atoms with Crippen LogP contribution >= 0.6 is 15.9 Å². The Bertz CT molecular complexity index is 199. The third-order valence-electron chi connectivity index (χ3n) is 1.69. The summed E-state index contributed by atoms with van der Waals surface area (Å²) < 4.78 is 12.7. The maximum Gasteiger partial charge on any atom is 0.121 e. The molecule has 0 aliphatic carbocycles. The van der Waals surface area contributed by atoms with Crippen LogP contribution in [0.4, 0.5) is 4.39 Å². The largest absolute Gasteiger partial charge is 0.358 e. The fourth-order valence-electron chi connectivity index (χ4n) is 1.17. The first-order valence-electron chi connectivity index (χ1n) is 3.34. The van der Waals surface area contributed by atoms with Crippen LogP contribution in [0, 0.1) is 11.3 Å². The Balaban J connectivity index is 2.59. The number of hydrogen-bond acceptors (Lipinski definition) is 2. The van der Waals surface area contributed by atoms with Crippen molar-refractivity contribution in [3.8, 4) is 6.07 Å². The zero-order chi connectivity index (χ0) is 8.27. The van der Waals surface area contributed by atoms with Gasteiger partial charge in [-0.05, 0) is 4.99 Å². The van der Waals surface area contributed by atoms with Crippen molar-refractivity contribution in [2.24, 2.45) is 0 Å². The number of likely N-dealkylation sites (tertiary alicyclic amines) is 1. The Labute approximate surface area is 73.4 Å². The van der Waals surface area contributed by atoms with E-state index in [-0.39, 0.29) is 6.04 Å². The van der Waals surface area contributed by atoms with Crippen molar-refractivity contribution in [1.29, 1.82) is 5.26 Å². The average Bonchev–Trinajstić information content (AvgIpc) is 2.32. The van der Waals surface area contributed by atoms with Crippen molar-refractivity contribution >= 4 is 15.9 Å². The van der Waals surface area contributed by atoms with Crippen LogP contribution in [0.25, 0.3) is 0 Å². The van der Waals surface area contributed by atoms with Crippen LogP contribution in [0.15, 0.2) is 11.2 Å². The molecule has 0 amide bonds. The molecule has 0 N–H and O–H groups in total. The van der Waals surface area contributed by atoms with Gasteiger partial charge in [-0.25, -0.2) is 4.39 Å². The van der Waals surface area contributed by atoms with E-state index in [4.69, 9.17) is 5.26 Å². The molecule has 0 aromatic rings. The van der Waals surface area contributed by atoms with Gasteiger partial charge in [0.05, 0.1) is 12.6 Å². The highest BCUT2D eigenvalue weighted by Gasteiger charge is 2.29. The second kappa shape index (κ2) is 3.72. The van der Waals surface area contributed by atoms with Crippen molar-refractivity contribution in [2.75, 3.05) is 6.54 Å². The molecule has 0 saturated carbocycles. The molecule has 0 unspecified atom stereocenters. The van der Waals surface area contributed by atoms with E-state index >= 15 is 0 Å². The van der Waals surface area contributed by atoms with Gasteiger partial charge in [-0.15, -0.1) is 0 Å². The molecular formula is C7H8BrFN2. The zero-order valence-corrected chi connectivity index (χ0v) is 7.46. The van der Waals surface area contributed by atoms with Crippen molar-refractivity contribution in [2.45, 2.75) is 18.6 Å². The molecule has 11 heavy (non-hydrogen) atoms. The lowest BCUT2D eigenvalue weighted by molar-refractivity contribution is 0.331. The second-order valence-corrected chi connectivity index (χ2v) is 2.98. The summed E-state index contributed by atoms with van der Waals surface area (Å²) in [6.45, 7) is 0.334. The van der Waals surface area contributed by atoms with Crippen LogP contribution in [-0.2, 0) is 0 Å². The summed E-state index contributed by atoms with van der Waals surface area (Å²) in [5.74, 6) is 0. The number of hydrogen-bond donors (Lipinski definition) is 0. The fourth-order valence-corrected chi connectivity index (χ4v) is 1.48. The standard InChI is InChI=1S/C7H8BrFN2/c8-1-2-11-5-6(9)3-7(11)4-10/h1-2,6-7H,3,5H2/t6-,7-/m0/s1. The summed E-state index contributed by atoms with van der Waals surface area (Å²) in [4.78, 5) is 3.33. The molecule has 60 valence electrons. The maximum atomic E-state index is 12.7. The first-order valence-corrected chi connectivity index (χ1v) is 4.26. The highest BCUT2D eigenvalue weighted by Crippen LogP contribution is 2.19. The van der Waals surface area contributed by atoms with E-state index in [1.54, 1.807) is 16.1 Å². The summed E-state index contributed by atoms with van der Waals surface area (Å²) in [5, 5.41) is 8.57. The van der Waals surface area contributed by atoms with E-state index in [0.717, 1.165) is 0 Å². The topological polar surface area (TPSA) is 27.0 Å². The van der Waals surface area contributed by atoms with Gasteiger partial charge >= 0.3 is 0 Å². The molecule has 1 rings (SSSR count). The minimum absolute atomic E-state index is 0.293. The molecule has 1 fully saturated rings. The van der Waals surface area contributed by atoms with Gasteiger partial charge in [0, 0.05) is 12.6 Å². The van der Waals surface area contributed by atoms with E-state index in [2.05, 4.69) is 15.9 Å². The fraction of sp³-hybridized carbons (Fsp3) is 0.571. The van der Waals surface area contributed by atoms with Gasteiger partial charge < -0.3 is 4.90 Å². The van der Waals surface area contributed by atoms with Crippen LogP contribution in [0.2, 0.25) is 0 Å². The molecule has 0 radical (unpaired) electrons. The van der Waals surface area contributed by atoms with Crippen LogP contribution < -0.4 is 0 Å². The second-order valence-electron chi connectivity index (χ2n) is 2.45.